The van der Waals surface area contributed by atoms with Crippen molar-refractivity contribution < 1.29 is 14.6 Å². The summed E-state index contributed by atoms with van der Waals surface area (Å²) in [6, 6.07) is 0. The summed E-state index contributed by atoms with van der Waals surface area (Å²) in [6.07, 6.45) is 1.18. The monoisotopic (exact) mass is 221 g/mol. The maximum Gasteiger partial charge on any atom is 0.341 e. The zero-order valence-corrected chi connectivity index (χ0v) is 8.08. The third-order valence-electron chi connectivity index (χ3n) is 1.33. The van der Waals surface area contributed by atoms with Gasteiger partial charge >= 0.3 is 5.97 Å². The molecule has 0 aliphatic heterocycles. The number of nitrogens with zero attached hydrogens (tertiary/aromatic N) is 2. The van der Waals surface area contributed by atoms with Crippen molar-refractivity contribution in [3.63, 3.8) is 0 Å². The fraction of sp³-hybridized carbons (Fsp3) is 0.286. The van der Waals surface area contributed by atoms with Crippen LogP contribution in [0.3, 0.4) is 0 Å². The van der Waals surface area contributed by atoms with Crippen LogP contribution in [-0.4, -0.2) is 27.6 Å². The number of aromatic carboxylic acids is 1. The molecular weight excluding hydrogens is 213 g/mol. The Labute approximate surface area is 84.5 Å². The van der Waals surface area contributed by atoms with Gasteiger partial charge in [-0.2, -0.15) is 4.98 Å². The van der Waals surface area contributed by atoms with Crippen molar-refractivity contribution in [1.29, 1.82) is 0 Å². The van der Waals surface area contributed by atoms with Crippen LogP contribution >= 0.6 is 11.6 Å². The van der Waals surface area contributed by atoms with E-state index >= 15 is 0 Å². The Morgan fingerprint density at radius 3 is 2.86 bits per heavy atom. The minimum Gasteiger partial charge on any atom is -0.477 e. The topological polar surface area (TPSA) is 75.1 Å². The molecule has 0 spiro atoms. The summed E-state index contributed by atoms with van der Waals surface area (Å²) < 4.78 is 0. The predicted molar refractivity (Wildman–Crippen MR) is 50.7 cm³/mol. The molecule has 14 heavy (non-hydrogen) atoms. The minimum atomic E-state index is -1.08. The number of carbonyl (C=O) groups is 1. The molecular formula is C7H9ClFN3O2. The second-order valence-corrected chi connectivity index (χ2v) is 2.57. The highest BCUT2D eigenvalue weighted by molar-refractivity contribution is 6.28. The zero-order chi connectivity index (χ0) is 9.84. The van der Waals surface area contributed by atoms with E-state index in [-0.39, 0.29) is 21.4 Å². The number of hydrogen-bond donors (Lipinski definition) is 2. The van der Waals surface area contributed by atoms with E-state index in [1.54, 1.807) is 0 Å². The second-order valence-electron chi connectivity index (χ2n) is 2.24. The maximum atomic E-state index is 10.6. The first kappa shape index (κ1) is 12.6. The van der Waals surface area contributed by atoms with E-state index in [1.807, 2.05) is 6.92 Å². The van der Waals surface area contributed by atoms with Crippen LogP contribution in [0.1, 0.15) is 17.3 Å². The minimum absolute atomic E-state index is 0. The van der Waals surface area contributed by atoms with Crippen molar-refractivity contribution in [3.05, 3.63) is 17.0 Å². The molecule has 0 aliphatic rings. The van der Waals surface area contributed by atoms with Crippen LogP contribution in [0.4, 0.5) is 10.5 Å². The lowest BCUT2D eigenvalue weighted by Gasteiger charge is -2.04. The van der Waals surface area contributed by atoms with E-state index in [2.05, 4.69) is 15.3 Å². The third-order valence-corrected chi connectivity index (χ3v) is 1.52. The summed E-state index contributed by atoms with van der Waals surface area (Å²) in [4.78, 5) is 18.0. The van der Waals surface area contributed by atoms with Gasteiger partial charge in [0.1, 0.15) is 11.4 Å². The SMILES string of the molecule is CCNc1nc(Cl)ncc1C(=O)O.F. The number of aromatic nitrogens is 2. The molecule has 0 aliphatic carbocycles. The summed E-state index contributed by atoms with van der Waals surface area (Å²) in [7, 11) is 0. The number of anilines is 1. The highest BCUT2D eigenvalue weighted by Crippen LogP contribution is 2.13. The van der Waals surface area contributed by atoms with Gasteiger partial charge in [-0.05, 0) is 18.5 Å². The fourth-order valence-electron chi connectivity index (χ4n) is 0.819. The van der Waals surface area contributed by atoms with Crippen LogP contribution in [0.25, 0.3) is 0 Å². The van der Waals surface area contributed by atoms with E-state index in [9.17, 15) is 4.79 Å². The molecule has 0 unspecified atom stereocenters. The van der Waals surface area contributed by atoms with Crippen LogP contribution in [-0.2, 0) is 0 Å². The van der Waals surface area contributed by atoms with Crippen molar-refractivity contribution in [1.82, 2.24) is 9.97 Å². The van der Waals surface area contributed by atoms with Crippen LogP contribution in [0.2, 0.25) is 5.28 Å². The van der Waals surface area contributed by atoms with Crippen LogP contribution in [0.15, 0.2) is 6.20 Å². The van der Waals surface area contributed by atoms with Gasteiger partial charge in [-0.1, -0.05) is 0 Å². The highest BCUT2D eigenvalue weighted by atomic mass is 35.5. The molecule has 0 saturated heterocycles. The first-order chi connectivity index (χ1) is 6.15. The zero-order valence-electron chi connectivity index (χ0n) is 7.32. The predicted octanol–water partition coefficient (Wildman–Crippen LogP) is 1.41. The number of halogens is 2. The summed E-state index contributed by atoms with van der Waals surface area (Å²) in [5, 5.41) is 11.5. The number of rotatable bonds is 3. The van der Waals surface area contributed by atoms with Crippen molar-refractivity contribution in [2.45, 2.75) is 6.92 Å². The lowest BCUT2D eigenvalue weighted by molar-refractivity contribution is 0.0697. The largest absolute Gasteiger partial charge is 0.477 e. The van der Waals surface area contributed by atoms with E-state index in [1.165, 1.54) is 6.20 Å². The third kappa shape index (κ3) is 2.81. The van der Waals surface area contributed by atoms with Crippen LogP contribution < -0.4 is 5.32 Å². The maximum absolute atomic E-state index is 10.6. The Bertz CT molecular complexity index is 335. The molecule has 7 heteroatoms. The molecule has 2 N–H and O–H groups in total. The number of carboxylic acids is 1. The van der Waals surface area contributed by atoms with Gasteiger partial charge in [0.2, 0.25) is 5.28 Å². The highest BCUT2D eigenvalue weighted by Gasteiger charge is 2.11. The van der Waals surface area contributed by atoms with Gasteiger partial charge in [0.15, 0.2) is 0 Å². The lowest BCUT2D eigenvalue weighted by atomic mass is 10.3. The molecule has 0 radical (unpaired) electrons. The molecule has 0 bridgehead atoms. The van der Waals surface area contributed by atoms with Gasteiger partial charge in [0.05, 0.1) is 0 Å². The van der Waals surface area contributed by atoms with Crippen molar-refractivity contribution >= 4 is 23.4 Å². The summed E-state index contributed by atoms with van der Waals surface area (Å²) >= 11 is 5.50. The molecule has 1 aromatic heterocycles. The number of carboxylic acid groups (broad SMARTS) is 1. The normalized spacial score (nSPS) is 9.00. The standard InChI is InChI=1S/C7H8ClN3O2.FH/c1-2-9-5-4(6(12)13)3-10-7(8)11-5;/h3H,2H2,1H3,(H,12,13)(H,9,10,11);1H. The van der Waals surface area contributed by atoms with E-state index in [0.717, 1.165) is 0 Å². The van der Waals surface area contributed by atoms with Gasteiger partial charge in [0.25, 0.3) is 0 Å². The Balaban J connectivity index is 0.00000169. The van der Waals surface area contributed by atoms with Gasteiger partial charge < -0.3 is 10.4 Å². The number of nitrogens with one attached hydrogen (secondary N) is 1. The number of hydrogen-bond acceptors (Lipinski definition) is 4. The van der Waals surface area contributed by atoms with Gasteiger partial charge in [0, 0.05) is 12.7 Å². The Morgan fingerprint density at radius 2 is 2.36 bits per heavy atom. The molecule has 1 aromatic rings. The average Bonchev–Trinajstić information content (AvgIpc) is 2.04. The molecule has 1 rings (SSSR count). The van der Waals surface area contributed by atoms with Crippen LogP contribution in [0, 0.1) is 0 Å². The Kier molecular flexibility index (Phi) is 4.79. The average molecular weight is 222 g/mol. The molecule has 0 fully saturated rings. The van der Waals surface area contributed by atoms with Crippen molar-refractivity contribution in [3.8, 4) is 0 Å². The Morgan fingerprint density at radius 1 is 1.71 bits per heavy atom. The van der Waals surface area contributed by atoms with E-state index in [0.29, 0.717) is 6.54 Å². The van der Waals surface area contributed by atoms with E-state index < -0.39 is 5.97 Å². The Hall–Kier alpha value is -1.43. The molecule has 1 heterocycles. The summed E-state index contributed by atoms with van der Waals surface area (Å²) in [6.45, 7) is 2.41. The summed E-state index contributed by atoms with van der Waals surface area (Å²) in [5.74, 6) is -0.831. The van der Waals surface area contributed by atoms with E-state index in [4.69, 9.17) is 16.7 Å². The molecule has 0 aromatic carbocycles. The molecule has 78 valence electrons. The second kappa shape index (κ2) is 5.33. The lowest BCUT2D eigenvalue weighted by Crippen LogP contribution is -2.08. The van der Waals surface area contributed by atoms with Crippen molar-refractivity contribution in [2.24, 2.45) is 0 Å². The van der Waals surface area contributed by atoms with Crippen molar-refractivity contribution in [2.75, 3.05) is 11.9 Å². The van der Waals surface area contributed by atoms with Gasteiger partial charge in [-0.15, -0.1) is 0 Å². The van der Waals surface area contributed by atoms with Gasteiger partial charge in [-0.25, -0.2) is 9.78 Å². The summed E-state index contributed by atoms with van der Waals surface area (Å²) in [5.41, 5.74) is 0.0197. The smallest absolute Gasteiger partial charge is 0.341 e. The molecule has 5 nitrogen and oxygen atoms in total. The van der Waals surface area contributed by atoms with Crippen LogP contribution in [0.5, 0.6) is 0 Å². The molecule has 0 atom stereocenters. The first-order valence-corrected chi connectivity index (χ1v) is 4.02. The molecule has 0 amide bonds. The quantitative estimate of drug-likeness (QED) is 0.755. The fourth-order valence-corrected chi connectivity index (χ4v) is 0.952. The van der Waals surface area contributed by atoms with Gasteiger partial charge in [-0.3, -0.25) is 4.70 Å². The first-order valence-electron chi connectivity index (χ1n) is 3.65. The molecule has 0 saturated carbocycles.